The first-order chi connectivity index (χ1) is 8.90. The second kappa shape index (κ2) is 5.05. The number of hydrogen-bond acceptors (Lipinski definition) is 4. The highest BCUT2D eigenvalue weighted by atomic mass is 16.3. The number of imide groups is 1. The molecule has 1 aliphatic rings. The van der Waals surface area contributed by atoms with E-state index in [2.05, 4.69) is 5.32 Å². The van der Waals surface area contributed by atoms with Crippen LogP contribution in [0.4, 0.5) is 4.79 Å². The SMILES string of the molecule is CN(CCN1C(=O)NC(C)(C)C1=O)Cc1ccco1. The number of amides is 3. The van der Waals surface area contributed by atoms with Gasteiger partial charge in [0.2, 0.25) is 0 Å². The van der Waals surface area contributed by atoms with Gasteiger partial charge in [-0.1, -0.05) is 0 Å². The summed E-state index contributed by atoms with van der Waals surface area (Å²) in [7, 11) is 1.92. The molecule has 0 unspecified atom stereocenters. The van der Waals surface area contributed by atoms with Crippen LogP contribution in [0.5, 0.6) is 0 Å². The standard InChI is InChI=1S/C13H19N3O3/c1-13(2)11(17)16(12(18)14-13)7-6-15(3)9-10-5-4-8-19-10/h4-5,8H,6-7,9H2,1-3H3,(H,14,18). The summed E-state index contributed by atoms with van der Waals surface area (Å²) in [6.45, 7) is 5.06. The van der Waals surface area contributed by atoms with E-state index in [1.807, 2.05) is 24.1 Å². The number of carbonyl (C=O) groups is 2. The highest BCUT2D eigenvalue weighted by Crippen LogP contribution is 2.16. The minimum absolute atomic E-state index is 0.177. The molecule has 6 nitrogen and oxygen atoms in total. The molecule has 1 aromatic heterocycles. The molecular formula is C13H19N3O3. The second-order valence-electron chi connectivity index (χ2n) is 5.33. The van der Waals surface area contributed by atoms with Crippen molar-refractivity contribution >= 4 is 11.9 Å². The molecule has 1 aromatic rings. The molecule has 1 saturated heterocycles. The first-order valence-electron chi connectivity index (χ1n) is 6.25. The van der Waals surface area contributed by atoms with Crippen LogP contribution in [0.3, 0.4) is 0 Å². The molecule has 6 heteroatoms. The van der Waals surface area contributed by atoms with E-state index in [0.29, 0.717) is 19.6 Å². The van der Waals surface area contributed by atoms with Crippen LogP contribution in [0, 0.1) is 0 Å². The zero-order valence-corrected chi connectivity index (χ0v) is 11.5. The molecule has 0 aromatic carbocycles. The summed E-state index contributed by atoms with van der Waals surface area (Å²) in [5.41, 5.74) is -0.795. The number of nitrogens with zero attached hydrogens (tertiary/aromatic N) is 2. The lowest BCUT2D eigenvalue weighted by molar-refractivity contribution is -0.130. The molecule has 0 aliphatic carbocycles. The lowest BCUT2D eigenvalue weighted by Gasteiger charge is -2.20. The van der Waals surface area contributed by atoms with Gasteiger partial charge >= 0.3 is 6.03 Å². The molecule has 2 rings (SSSR count). The molecule has 104 valence electrons. The molecular weight excluding hydrogens is 246 g/mol. The number of nitrogens with one attached hydrogen (secondary N) is 1. The Morgan fingerprint density at radius 1 is 1.42 bits per heavy atom. The fraction of sp³-hybridized carbons (Fsp3) is 0.538. The monoisotopic (exact) mass is 265 g/mol. The van der Waals surface area contributed by atoms with Crippen molar-refractivity contribution in [3.8, 4) is 0 Å². The molecule has 1 fully saturated rings. The predicted molar refractivity (Wildman–Crippen MR) is 69.4 cm³/mol. The van der Waals surface area contributed by atoms with E-state index < -0.39 is 5.54 Å². The van der Waals surface area contributed by atoms with E-state index in [9.17, 15) is 9.59 Å². The fourth-order valence-corrected chi connectivity index (χ4v) is 2.04. The molecule has 1 aliphatic heterocycles. The van der Waals surface area contributed by atoms with Crippen LogP contribution in [0.15, 0.2) is 22.8 Å². The maximum Gasteiger partial charge on any atom is 0.325 e. The molecule has 1 N–H and O–H groups in total. The summed E-state index contributed by atoms with van der Waals surface area (Å²) in [5, 5.41) is 2.66. The lowest BCUT2D eigenvalue weighted by Crippen LogP contribution is -2.41. The zero-order valence-electron chi connectivity index (χ0n) is 11.5. The van der Waals surface area contributed by atoms with Gasteiger partial charge in [-0.15, -0.1) is 0 Å². The highest BCUT2D eigenvalue weighted by molar-refractivity contribution is 6.06. The average Bonchev–Trinajstić information content (AvgIpc) is 2.86. The van der Waals surface area contributed by atoms with Gasteiger partial charge < -0.3 is 9.73 Å². The molecule has 0 spiro atoms. The predicted octanol–water partition coefficient (Wildman–Crippen LogP) is 1.04. The number of urea groups is 1. The summed E-state index contributed by atoms with van der Waals surface area (Å²) >= 11 is 0. The van der Waals surface area contributed by atoms with Crippen molar-refractivity contribution in [1.29, 1.82) is 0 Å². The summed E-state index contributed by atoms with van der Waals surface area (Å²) < 4.78 is 5.25. The van der Waals surface area contributed by atoms with Crippen LogP contribution in [-0.4, -0.2) is 47.4 Å². The Bertz CT molecular complexity index is 467. The van der Waals surface area contributed by atoms with Crippen molar-refractivity contribution < 1.29 is 14.0 Å². The molecule has 19 heavy (non-hydrogen) atoms. The second-order valence-corrected chi connectivity index (χ2v) is 5.33. The maximum absolute atomic E-state index is 12.0. The lowest BCUT2D eigenvalue weighted by atomic mass is 10.1. The average molecular weight is 265 g/mol. The molecule has 0 bridgehead atoms. The van der Waals surface area contributed by atoms with Gasteiger partial charge in [0.05, 0.1) is 12.8 Å². The minimum atomic E-state index is -0.795. The topological polar surface area (TPSA) is 65.8 Å². The minimum Gasteiger partial charge on any atom is -0.468 e. The summed E-state index contributed by atoms with van der Waals surface area (Å²) in [6.07, 6.45) is 1.63. The number of hydrogen-bond donors (Lipinski definition) is 1. The Kier molecular flexibility index (Phi) is 3.61. The Morgan fingerprint density at radius 2 is 2.16 bits per heavy atom. The summed E-state index contributed by atoms with van der Waals surface area (Å²) in [5.74, 6) is 0.684. The van der Waals surface area contributed by atoms with Gasteiger partial charge in [0.1, 0.15) is 11.3 Å². The number of furan rings is 1. The Balaban J connectivity index is 1.85. The van der Waals surface area contributed by atoms with E-state index in [-0.39, 0.29) is 11.9 Å². The molecule has 2 heterocycles. The van der Waals surface area contributed by atoms with Gasteiger partial charge in [0.15, 0.2) is 0 Å². The fourth-order valence-electron chi connectivity index (χ4n) is 2.04. The van der Waals surface area contributed by atoms with Gasteiger partial charge in [0, 0.05) is 13.1 Å². The van der Waals surface area contributed by atoms with E-state index in [1.54, 1.807) is 20.1 Å². The third kappa shape index (κ3) is 2.96. The van der Waals surface area contributed by atoms with Crippen LogP contribution in [-0.2, 0) is 11.3 Å². The normalized spacial score (nSPS) is 18.2. The molecule has 0 radical (unpaired) electrons. The number of carbonyl (C=O) groups excluding carboxylic acids is 2. The van der Waals surface area contributed by atoms with Gasteiger partial charge in [-0.05, 0) is 33.0 Å². The quantitative estimate of drug-likeness (QED) is 0.808. The van der Waals surface area contributed by atoms with Crippen LogP contribution < -0.4 is 5.32 Å². The van der Waals surface area contributed by atoms with Crippen LogP contribution in [0.25, 0.3) is 0 Å². The Morgan fingerprint density at radius 3 is 2.68 bits per heavy atom. The third-order valence-corrected chi connectivity index (χ3v) is 3.16. The van der Waals surface area contributed by atoms with Crippen molar-refractivity contribution in [3.05, 3.63) is 24.2 Å². The van der Waals surface area contributed by atoms with Crippen molar-refractivity contribution in [2.45, 2.75) is 25.9 Å². The summed E-state index contributed by atoms with van der Waals surface area (Å²) in [6, 6.07) is 3.41. The Hall–Kier alpha value is -1.82. The van der Waals surface area contributed by atoms with E-state index in [1.165, 1.54) is 4.90 Å². The van der Waals surface area contributed by atoms with Gasteiger partial charge in [0.25, 0.3) is 5.91 Å². The molecule has 0 atom stereocenters. The van der Waals surface area contributed by atoms with Gasteiger partial charge in [-0.2, -0.15) is 0 Å². The van der Waals surface area contributed by atoms with Crippen molar-refractivity contribution in [1.82, 2.24) is 15.1 Å². The molecule has 0 saturated carbocycles. The van der Waals surface area contributed by atoms with Crippen LogP contribution in [0.2, 0.25) is 0 Å². The number of rotatable bonds is 5. The van der Waals surface area contributed by atoms with Crippen LogP contribution >= 0.6 is 0 Å². The third-order valence-electron chi connectivity index (χ3n) is 3.16. The number of likely N-dealkylation sites (N-methyl/N-ethyl adjacent to an activating group) is 1. The van der Waals surface area contributed by atoms with Gasteiger partial charge in [-0.25, -0.2) is 4.79 Å². The van der Waals surface area contributed by atoms with E-state index in [0.717, 1.165) is 5.76 Å². The first kappa shape index (κ1) is 13.6. The Labute approximate surface area is 112 Å². The zero-order chi connectivity index (χ0) is 14.0. The van der Waals surface area contributed by atoms with Crippen molar-refractivity contribution in [2.24, 2.45) is 0 Å². The first-order valence-corrected chi connectivity index (χ1v) is 6.25. The maximum atomic E-state index is 12.0. The smallest absolute Gasteiger partial charge is 0.325 e. The largest absolute Gasteiger partial charge is 0.468 e. The highest BCUT2D eigenvalue weighted by Gasteiger charge is 2.43. The van der Waals surface area contributed by atoms with E-state index in [4.69, 9.17) is 4.42 Å². The van der Waals surface area contributed by atoms with E-state index >= 15 is 0 Å². The molecule has 3 amide bonds. The van der Waals surface area contributed by atoms with Crippen molar-refractivity contribution in [2.75, 3.05) is 20.1 Å². The van der Waals surface area contributed by atoms with Crippen LogP contribution in [0.1, 0.15) is 19.6 Å². The summed E-state index contributed by atoms with van der Waals surface area (Å²) in [4.78, 5) is 26.9. The van der Waals surface area contributed by atoms with Crippen molar-refractivity contribution in [3.63, 3.8) is 0 Å². The van der Waals surface area contributed by atoms with Gasteiger partial charge in [-0.3, -0.25) is 14.6 Å².